The molecule has 0 aliphatic carbocycles. The van der Waals surface area contributed by atoms with Crippen LogP contribution in [-0.2, 0) is 32.4 Å². The molecular weight excluding hydrogens is 332 g/mol. The molecule has 26 heavy (non-hydrogen) atoms. The number of aromatic nitrogens is 2. The van der Waals surface area contributed by atoms with E-state index < -0.39 is 0 Å². The fourth-order valence-corrected chi connectivity index (χ4v) is 3.46. The first-order valence-electron chi connectivity index (χ1n) is 9.11. The number of hydrogen-bond donors (Lipinski definition) is 1. The van der Waals surface area contributed by atoms with Gasteiger partial charge in [0.15, 0.2) is 0 Å². The lowest BCUT2D eigenvalue weighted by Gasteiger charge is -2.27. The van der Waals surface area contributed by atoms with Gasteiger partial charge in [0, 0.05) is 44.1 Å². The lowest BCUT2D eigenvalue weighted by atomic mass is 10.0. The van der Waals surface area contributed by atoms with Crippen LogP contribution in [0, 0.1) is 10.1 Å². The van der Waals surface area contributed by atoms with Gasteiger partial charge in [-0.2, -0.15) is 0 Å². The standard InChI is InChI=1S/C19H24N4O3/c1-3-5-18-20-16-8-9-22(12-15(16)19(24)21-18)11-13-6-7-14(4-2)17(10-13)23(25)26/h6-7,10H,3-5,8-9,11-12H2,1-2H3,(H,20,21,24). The highest BCUT2D eigenvalue weighted by Crippen LogP contribution is 2.23. The first-order valence-corrected chi connectivity index (χ1v) is 9.11. The first-order chi connectivity index (χ1) is 12.5. The Morgan fingerprint density at radius 3 is 2.85 bits per heavy atom. The zero-order valence-electron chi connectivity index (χ0n) is 15.2. The molecule has 0 saturated heterocycles. The molecule has 1 aromatic carbocycles. The average Bonchev–Trinajstić information content (AvgIpc) is 2.62. The number of rotatable bonds is 6. The van der Waals surface area contributed by atoms with Gasteiger partial charge in [0.1, 0.15) is 5.82 Å². The van der Waals surface area contributed by atoms with E-state index in [0.717, 1.165) is 54.0 Å². The minimum Gasteiger partial charge on any atom is -0.310 e. The van der Waals surface area contributed by atoms with Crippen molar-refractivity contribution in [1.82, 2.24) is 14.9 Å². The number of H-pyrrole nitrogens is 1. The zero-order chi connectivity index (χ0) is 18.7. The van der Waals surface area contributed by atoms with E-state index in [4.69, 9.17) is 0 Å². The topological polar surface area (TPSA) is 92.1 Å². The van der Waals surface area contributed by atoms with Crippen LogP contribution in [0.15, 0.2) is 23.0 Å². The SMILES string of the molecule is CCCc1nc2c(c(=O)[nH]1)CN(Cc1ccc(CC)c([N+](=O)[O-])c1)CC2. The van der Waals surface area contributed by atoms with Crippen molar-refractivity contribution >= 4 is 5.69 Å². The van der Waals surface area contributed by atoms with Crippen molar-refractivity contribution < 1.29 is 4.92 Å². The molecule has 2 heterocycles. The van der Waals surface area contributed by atoms with Gasteiger partial charge in [0.05, 0.1) is 16.2 Å². The molecule has 1 aliphatic heterocycles. The summed E-state index contributed by atoms with van der Waals surface area (Å²) < 4.78 is 0. The van der Waals surface area contributed by atoms with Crippen LogP contribution in [0.25, 0.3) is 0 Å². The van der Waals surface area contributed by atoms with Crippen molar-refractivity contribution in [3.63, 3.8) is 0 Å². The average molecular weight is 356 g/mol. The van der Waals surface area contributed by atoms with E-state index in [-0.39, 0.29) is 16.2 Å². The fraction of sp³-hybridized carbons (Fsp3) is 0.474. The highest BCUT2D eigenvalue weighted by atomic mass is 16.6. The van der Waals surface area contributed by atoms with Crippen molar-refractivity contribution in [2.75, 3.05) is 6.54 Å². The van der Waals surface area contributed by atoms with Crippen LogP contribution < -0.4 is 5.56 Å². The molecule has 2 aromatic rings. The Bertz CT molecular complexity index is 876. The second-order valence-electron chi connectivity index (χ2n) is 6.72. The summed E-state index contributed by atoms with van der Waals surface area (Å²) in [5.41, 5.74) is 3.36. The normalized spacial score (nSPS) is 14.2. The smallest absolute Gasteiger partial charge is 0.272 e. The van der Waals surface area contributed by atoms with E-state index in [1.165, 1.54) is 0 Å². The Morgan fingerprint density at radius 2 is 2.15 bits per heavy atom. The Hall–Kier alpha value is -2.54. The van der Waals surface area contributed by atoms with Gasteiger partial charge in [0.2, 0.25) is 0 Å². The van der Waals surface area contributed by atoms with Crippen molar-refractivity contribution in [2.24, 2.45) is 0 Å². The molecule has 0 atom stereocenters. The van der Waals surface area contributed by atoms with Crippen molar-refractivity contribution in [1.29, 1.82) is 0 Å². The molecule has 0 unspecified atom stereocenters. The summed E-state index contributed by atoms with van der Waals surface area (Å²) in [7, 11) is 0. The molecule has 7 nitrogen and oxygen atoms in total. The van der Waals surface area contributed by atoms with Crippen LogP contribution >= 0.6 is 0 Å². The highest BCUT2D eigenvalue weighted by Gasteiger charge is 2.22. The number of nitrogens with one attached hydrogen (secondary N) is 1. The largest absolute Gasteiger partial charge is 0.310 e. The number of nitro groups is 1. The van der Waals surface area contributed by atoms with Gasteiger partial charge >= 0.3 is 0 Å². The van der Waals surface area contributed by atoms with E-state index in [2.05, 4.69) is 21.8 Å². The molecule has 3 rings (SSSR count). The Morgan fingerprint density at radius 1 is 1.35 bits per heavy atom. The van der Waals surface area contributed by atoms with Crippen LogP contribution in [0.3, 0.4) is 0 Å². The summed E-state index contributed by atoms with van der Waals surface area (Å²) in [6, 6.07) is 5.42. The van der Waals surface area contributed by atoms with Crippen LogP contribution in [0.2, 0.25) is 0 Å². The first kappa shape index (κ1) is 18.3. The predicted molar refractivity (Wildman–Crippen MR) is 99.1 cm³/mol. The predicted octanol–water partition coefficient (Wildman–Crippen LogP) is 2.75. The number of hydrogen-bond acceptors (Lipinski definition) is 5. The summed E-state index contributed by atoms with van der Waals surface area (Å²) in [6.07, 6.45) is 3.08. The second kappa shape index (κ2) is 7.78. The molecule has 0 amide bonds. The molecule has 0 fully saturated rings. The monoisotopic (exact) mass is 356 g/mol. The van der Waals surface area contributed by atoms with Gasteiger partial charge in [-0.1, -0.05) is 26.0 Å². The van der Waals surface area contributed by atoms with Gasteiger partial charge in [-0.3, -0.25) is 19.8 Å². The van der Waals surface area contributed by atoms with Gasteiger partial charge in [0.25, 0.3) is 11.2 Å². The van der Waals surface area contributed by atoms with E-state index in [9.17, 15) is 14.9 Å². The maximum atomic E-state index is 12.4. The molecule has 1 aromatic heterocycles. The lowest BCUT2D eigenvalue weighted by molar-refractivity contribution is -0.385. The summed E-state index contributed by atoms with van der Waals surface area (Å²) in [5.74, 6) is 0.760. The second-order valence-corrected chi connectivity index (χ2v) is 6.72. The molecular formula is C19H24N4O3. The quantitative estimate of drug-likeness (QED) is 0.635. The van der Waals surface area contributed by atoms with E-state index in [1.807, 2.05) is 19.1 Å². The van der Waals surface area contributed by atoms with Crippen LogP contribution in [0.4, 0.5) is 5.69 Å². The number of nitrogens with zero attached hydrogens (tertiary/aromatic N) is 3. The Labute approximate surface area is 152 Å². The molecule has 7 heteroatoms. The fourth-order valence-electron chi connectivity index (χ4n) is 3.46. The third-order valence-corrected chi connectivity index (χ3v) is 4.82. The number of fused-ring (bicyclic) bond motifs is 1. The van der Waals surface area contributed by atoms with E-state index >= 15 is 0 Å². The number of nitro benzene ring substituents is 1. The summed E-state index contributed by atoms with van der Waals surface area (Å²) in [6.45, 7) is 5.87. The zero-order valence-corrected chi connectivity index (χ0v) is 15.2. The highest BCUT2D eigenvalue weighted by molar-refractivity contribution is 5.43. The van der Waals surface area contributed by atoms with Gasteiger partial charge in [-0.15, -0.1) is 0 Å². The molecule has 138 valence electrons. The third kappa shape index (κ3) is 3.83. The number of aromatic amines is 1. The molecule has 0 saturated carbocycles. The maximum Gasteiger partial charge on any atom is 0.272 e. The van der Waals surface area contributed by atoms with Crippen LogP contribution in [0.1, 0.15) is 48.5 Å². The summed E-state index contributed by atoms with van der Waals surface area (Å²) in [5, 5.41) is 11.3. The molecule has 0 spiro atoms. The van der Waals surface area contributed by atoms with Crippen molar-refractivity contribution in [2.45, 2.75) is 52.6 Å². The van der Waals surface area contributed by atoms with Crippen LogP contribution in [-0.4, -0.2) is 26.3 Å². The molecule has 0 radical (unpaired) electrons. The van der Waals surface area contributed by atoms with Gasteiger partial charge in [-0.25, -0.2) is 4.98 Å². The van der Waals surface area contributed by atoms with E-state index in [0.29, 0.717) is 19.5 Å². The van der Waals surface area contributed by atoms with Gasteiger partial charge < -0.3 is 4.98 Å². The molecule has 1 N–H and O–H groups in total. The number of aryl methyl sites for hydroxylation is 2. The minimum atomic E-state index is -0.322. The Balaban J connectivity index is 1.79. The minimum absolute atomic E-state index is 0.0598. The third-order valence-electron chi connectivity index (χ3n) is 4.82. The molecule has 1 aliphatic rings. The lowest BCUT2D eigenvalue weighted by Crippen LogP contribution is -2.35. The summed E-state index contributed by atoms with van der Waals surface area (Å²) >= 11 is 0. The van der Waals surface area contributed by atoms with Crippen molar-refractivity contribution in [3.8, 4) is 0 Å². The molecule has 0 bridgehead atoms. The maximum absolute atomic E-state index is 12.4. The van der Waals surface area contributed by atoms with Gasteiger partial charge in [-0.05, 0) is 18.4 Å². The Kier molecular flexibility index (Phi) is 5.46. The number of benzene rings is 1. The van der Waals surface area contributed by atoms with E-state index in [1.54, 1.807) is 6.07 Å². The summed E-state index contributed by atoms with van der Waals surface area (Å²) in [4.78, 5) is 32.9. The van der Waals surface area contributed by atoms with Crippen molar-refractivity contribution in [3.05, 3.63) is 66.9 Å². The van der Waals surface area contributed by atoms with Crippen LogP contribution in [0.5, 0.6) is 0 Å².